The Morgan fingerprint density at radius 3 is 2.71 bits per heavy atom. The highest BCUT2D eigenvalue weighted by Gasteiger charge is 2.30. The molecule has 38 heavy (non-hydrogen) atoms. The third kappa shape index (κ3) is 5.80. The van der Waals surface area contributed by atoms with Crippen molar-refractivity contribution in [1.82, 2.24) is 15.1 Å². The normalized spacial score (nSPS) is 18.7. The van der Waals surface area contributed by atoms with Crippen molar-refractivity contribution in [2.24, 2.45) is 0 Å². The second-order valence-electron chi connectivity index (χ2n) is 10.1. The van der Waals surface area contributed by atoms with Crippen LogP contribution in [-0.2, 0) is 22.4 Å². The van der Waals surface area contributed by atoms with Crippen LogP contribution in [0.4, 0.5) is 10.5 Å². The van der Waals surface area contributed by atoms with Gasteiger partial charge < -0.3 is 20.1 Å². The number of nitrogens with one attached hydrogen (secondary N) is 1. The average molecular weight is 513 g/mol. The Morgan fingerprint density at radius 2 is 1.95 bits per heavy atom. The van der Waals surface area contributed by atoms with Crippen molar-refractivity contribution in [2.45, 2.75) is 50.7 Å². The first-order valence-electron chi connectivity index (χ1n) is 12.9. The maximum absolute atomic E-state index is 13.3. The van der Waals surface area contributed by atoms with Gasteiger partial charge in [0, 0.05) is 43.8 Å². The smallest absolute Gasteiger partial charge is 0.342 e. The van der Waals surface area contributed by atoms with E-state index in [0.717, 1.165) is 27.9 Å². The number of carbonyl (C=O) groups excluding carboxylic acids is 2. The van der Waals surface area contributed by atoms with E-state index in [0.29, 0.717) is 45.3 Å². The molecule has 1 saturated heterocycles. The van der Waals surface area contributed by atoms with E-state index in [-0.39, 0.29) is 5.91 Å². The number of carbonyl (C=O) groups is 2. The van der Waals surface area contributed by atoms with Crippen LogP contribution in [0.2, 0.25) is 0 Å². The van der Waals surface area contributed by atoms with Crippen LogP contribution in [-0.4, -0.2) is 58.7 Å². The molecule has 1 fully saturated rings. The molecule has 0 spiro atoms. The fraction of sp³-hybridized carbons (Fsp3) is 0.367. The summed E-state index contributed by atoms with van der Waals surface area (Å²) in [4.78, 5) is 27.8. The summed E-state index contributed by atoms with van der Waals surface area (Å²) in [5, 5.41) is 17.7. The maximum atomic E-state index is 13.3. The molecule has 8 nitrogen and oxygen atoms in total. The highest BCUT2D eigenvalue weighted by molar-refractivity contribution is 6.00. The van der Waals surface area contributed by atoms with Crippen molar-refractivity contribution >= 4 is 17.6 Å². The number of aliphatic hydroxyl groups is 1. The molecular weight excluding hydrogens is 480 g/mol. The first-order valence-corrected chi connectivity index (χ1v) is 12.9. The van der Waals surface area contributed by atoms with Crippen molar-refractivity contribution in [2.75, 3.05) is 25.2 Å². The van der Waals surface area contributed by atoms with Gasteiger partial charge in [-0.05, 0) is 48.6 Å². The minimum absolute atomic E-state index is 0.197. The molecule has 0 saturated carbocycles. The first kappa shape index (κ1) is 25.7. The fourth-order valence-electron chi connectivity index (χ4n) is 4.82. The molecule has 2 aliphatic heterocycles. The molecule has 5 rings (SSSR count). The number of aromatic nitrogens is 2. The van der Waals surface area contributed by atoms with Gasteiger partial charge in [0.2, 0.25) is 5.91 Å². The van der Waals surface area contributed by atoms with Crippen LogP contribution >= 0.6 is 0 Å². The lowest BCUT2D eigenvalue weighted by Crippen LogP contribution is -2.48. The highest BCUT2D eigenvalue weighted by Crippen LogP contribution is 2.28. The zero-order valence-corrected chi connectivity index (χ0v) is 21.7. The predicted molar refractivity (Wildman–Crippen MR) is 144 cm³/mol. The van der Waals surface area contributed by atoms with E-state index in [1.165, 1.54) is 10.2 Å². The van der Waals surface area contributed by atoms with E-state index in [2.05, 4.69) is 46.5 Å². The molecule has 1 atom stereocenters. The molecule has 0 radical (unpaired) electrons. The van der Waals surface area contributed by atoms with Gasteiger partial charge in [0.1, 0.15) is 11.6 Å². The topological polar surface area (TPSA) is 96.7 Å². The van der Waals surface area contributed by atoms with Gasteiger partial charge in [-0.1, -0.05) is 47.7 Å². The Labute approximate surface area is 222 Å². The maximum Gasteiger partial charge on any atom is 0.342 e. The number of rotatable bonds is 3. The Balaban J connectivity index is 1.25. The number of aryl methyl sites for hydroxylation is 2. The Bertz CT molecular complexity index is 1390. The highest BCUT2D eigenvalue weighted by atomic mass is 16.5. The Kier molecular flexibility index (Phi) is 7.32. The number of anilines is 1. The number of amides is 2. The van der Waals surface area contributed by atoms with Crippen LogP contribution in [0.15, 0.2) is 54.9 Å². The van der Waals surface area contributed by atoms with Crippen molar-refractivity contribution in [3.05, 3.63) is 82.7 Å². The van der Waals surface area contributed by atoms with Gasteiger partial charge in [-0.15, -0.1) is 0 Å². The summed E-state index contributed by atoms with van der Waals surface area (Å²) in [7, 11) is 1.71. The number of ether oxygens (including phenoxy) is 1. The van der Waals surface area contributed by atoms with Gasteiger partial charge in [-0.2, -0.15) is 9.78 Å². The molecule has 0 unspecified atom stereocenters. The molecular formula is C30H32N4O4. The summed E-state index contributed by atoms with van der Waals surface area (Å²) in [5.41, 5.74) is 4.70. The van der Waals surface area contributed by atoms with Crippen molar-refractivity contribution in [1.29, 1.82) is 0 Å². The van der Waals surface area contributed by atoms with E-state index in [4.69, 9.17) is 4.74 Å². The number of nitrogens with zero attached hydrogens (tertiary/aromatic N) is 3. The minimum atomic E-state index is -1.05. The van der Waals surface area contributed by atoms with Gasteiger partial charge in [0.25, 0.3) is 0 Å². The van der Waals surface area contributed by atoms with Crippen molar-refractivity contribution in [3.8, 4) is 11.8 Å². The SMILES string of the molecule is Cc1ccc(Cc2cnn(C(=O)N[C@@H]3CCc4ccc(C#CC5(O)CCOCC5)cc4N(C)C3=O)c2)cc1. The summed E-state index contributed by atoms with van der Waals surface area (Å²) >= 11 is 0. The van der Waals surface area contributed by atoms with Crippen LogP contribution < -0.4 is 10.2 Å². The van der Waals surface area contributed by atoms with Crippen LogP contribution in [0.1, 0.15) is 47.1 Å². The third-order valence-corrected chi connectivity index (χ3v) is 7.21. The van der Waals surface area contributed by atoms with Gasteiger partial charge >= 0.3 is 6.03 Å². The molecule has 2 aliphatic rings. The molecule has 0 bridgehead atoms. The van der Waals surface area contributed by atoms with E-state index in [1.54, 1.807) is 24.3 Å². The molecule has 2 aromatic carbocycles. The zero-order chi connectivity index (χ0) is 26.7. The van der Waals surface area contributed by atoms with Gasteiger partial charge in [0.15, 0.2) is 0 Å². The molecule has 196 valence electrons. The lowest BCUT2D eigenvalue weighted by molar-refractivity contribution is -0.120. The Morgan fingerprint density at radius 1 is 1.18 bits per heavy atom. The average Bonchev–Trinajstić information content (AvgIpc) is 3.35. The van der Waals surface area contributed by atoms with Gasteiger partial charge in [-0.25, -0.2) is 4.79 Å². The second kappa shape index (κ2) is 10.8. The van der Waals surface area contributed by atoms with E-state index in [1.807, 2.05) is 25.1 Å². The van der Waals surface area contributed by atoms with E-state index in [9.17, 15) is 14.7 Å². The number of benzene rings is 2. The molecule has 2 N–H and O–H groups in total. The van der Waals surface area contributed by atoms with Crippen LogP contribution in [0.25, 0.3) is 0 Å². The van der Waals surface area contributed by atoms with Crippen LogP contribution in [0.3, 0.4) is 0 Å². The summed E-state index contributed by atoms with van der Waals surface area (Å²) < 4.78 is 6.57. The van der Waals surface area contributed by atoms with Gasteiger partial charge in [0.05, 0.1) is 19.4 Å². The fourth-order valence-corrected chi connectivity index (χ4v) is 4.82. The molecule has 0 aliphatic carbocycles. The van der Waals surface area contributed by atoms with Crippen LogP contribution in [0.5, 0.6) is 0 Å². The molecule has 3 heterocycles. The number of hydrogen-bond donors (Lipinski definition) is 2. The minimum Gasteiger partial charge on any atom is -0.381 e. The summed E-state index contributed by atoms with van der Waals surface area (Å²) in [5.74, 6) is 5.87. The lowest BCUT2D eigenvalue weighted by Gasteiger charge is -2.26. The van der Waals surface area contributed by atoms with Crippen molar-refractivity contribution in [3.63, 3.8) is 0 Å². The van der Waals surface area contributed by atoms with E-state index < -0.39 is 17.7 Å². The first-order chi connectivity index (χ1) is 18.3. The summed E-state index contributed by atoms with van der Waals surface area (Å²) in [6, 6.07) is 12.9. The number of likely N-dealkylation sites (N-methyl/N-ethyl adjacent to an activating group) is 1. The molecule has 3 aromatic rings. The zero-order valence-electron chi connectivity index (χ0n) is 21.7. The van der Waals surface area contributed by atoms with E-state index >= 15 is 0 Å². The lowest BCUT2D eigenvalue weighted by atomic mass is 9.94. The van der Waals surface area contributed by atoms with Crippen LogP contribution in [0, 0.1) is 18.8 Å². The number of fused-ring (bicyclic) bond motifs is 1. The quantitative estimate of drug-likeness (QED) is 0.526. The monoisotopic (exact) mass is 512 g/mol. The van der Waals surface area contributed by atoms with Crippen molar-refractivity contribution < 1.29 is 19.4 Å². The largest absolute Gasteiger partial charge is 0.381 e. The molecule has 1 aromatic heterocycles. The van der Waals surface area contributed by atoms with Gasteiger partial charge in [-0.3, -0.25) is 4.79 Å². The number of hydrogen-bond acceptors (Lipinski definition) is 5. The third-order valence-electron chi connectivity index (χ3n) is 7.21. The second-order valence-corrected chi connectivity index (χ2v) is 10.1. The summed E-state index contributed by atoms with van der Waals surface area (Å²) in [6.45, 7) is 3.03. The summed E-state index contributed by atoms with van der Waals surface area (Å²) in [6.07, 6.45) is 6.11. The molecule has 8 heteroatoms. The predicted octanol–water partition coefficient (Wildman–Crippen LogP) is 3.21. The molecule has 2 amide bonds. The Hall–Kier alpha value is -3.93. The standard InChI is InChI=1S/C30H32N4O4/c1-21-3-5-22(6-4-21)17-24-19-31-34(20-24)29(36)32-26-10-9-25-8-7-23(18-27(25)33(2)28(26)35)11-12-30(37)13-15-38-16-14-30/h3-8,18-20,26,37H,9-10,13-17H2,1-2H3,(H,32,36)/t26-/m1/s1.